The molecule has 12 heteroatoms. The Labute approximate surface area is 337 Å². The molecular weight excluding hydrogens is 786 g/mol. The minimum absolute atomic E-state index is 0.0143. The molecule has 10 rings (SSSR count). The first-order valence-electron chi connectivity index (χ1n) is 19.0. The molecule has 1 N–H and O–H groups in total. The van der Waals surface area contributed by atoms with Crippen LogP contribution in [0.2, 0.25) is 0 Å². The molecule has 4 aliphatic rings. The monoisotopic (exact) mass is 823 g/mol. The minimum atomic E-state index is -0.424. The molecule has 2 aliphatic heterocycles. The van der Waals surface area contributed by atoms with Crippen molar-refractivity contribution in [3.05, 3.63) is 158 Å². The number of rotatable bonds is 4. The van der Waals surface area contributed by atoms with E-state index in [-0.39, 0.29) is 55.7 Å². The highest BCUT2D eigenvalue weighted by molar-refractivity contribution is 9.10. The van der Waals surface area contributed by atoms with Crippen molar-refractivity contribution in [3.63, 3.8) is 0 Å². The van der Waals surface area contributed by atoms with Crippen LogP contribution in [0.15, 0.2) is 125 Å². The summed E-state index contributed by atoms with van der Waals surface area (Å²) in [5, 5.41) is 3.28. The van der Waals surface area contributed by atoms with Crippen molar-refractivity contribution in [2.75, 3.05) is 39.4 Å². The van der Waals surface area contributed by atoms with Gasteiger partial charge >= 0.3 is 12.2 Å². The molecule has 0 saturated carbocycles. The van der Waals surface area contributed by atoms with Gasteiger partial charge in [-0.15, -0.1) is 0 Å². The second kappa shape index (κ2) is 15.3. The van der Waals surface area contributed by atoms with Crippen molar-refractivity contribution in [2.24, 2.45) is 0 Å². The van der Waals surface area contributed by atoms with E-state index in [0.717, 1.165) is 4.47 Å². The Bertz CT molecular complexity index is 2540. The molecule has 11 nitrogen and oxygen atoms in total. The number of hydrogen-bond acceptors (Lipinski definition) is 7. The van der Waals surface area contributed by atoms with Gasteiger partial charge in [-0.2, -0.15) is 0 Å². The number of carbonyl (C=O) groups excluding carboxylic acids is 3. The molecule has 0 radical (unpaired) electrons. The molecule has 57 heavy (non-hydrogen) atoms. The van der Waals surface area contributed by atoms with Gasteiger partial charge in [-0.25, -0.2) is 14.6 Å². The van der Waals surface area contributed by atoms with Crippen LogP contribution in [-0.2, 0) is 27.4 Å². The van der Waals surface area contributed by atoms with Crippen molar-refractivity contribution in [2.45, 2.75) is 24.9 Å². The van der Waals surface area contributed by atoms with Gasteiger partial charge in [0, 0.05) is 42.5 Å². The van der Waals surface area contributed by atoms with Crippen LogP contribution in [0.1, 0.15) is 39.9 Å². The largest absolute Gasteiger partial charge is 0.448 e. The summed E-state index contributed by atoms with van der Waals surface area (Å²) in [6.45, 7) is 2.64. The number of nitrogens with one attached hydrogen (secondary N) is 1. The quantitative estimate of drug-likeness (QED) is 0.198. The van der Waals surface area contributed by atoms with Crippen LogP contribution in [0.25, 0.3) is 33.2 Å². The zero-order chi connectivity index (χ0) is 39.0. The molecule has 6 aromatic rings. The fourth-order valence-electron chi connectivity index (χ4n) is 8.38. The number of benzene rings is 5. The van der Waals surface area contributed by atoms with E-state index in [1.165, 1.54) is 49.4 Å². The molecule has 0 atom stereocenters. The Morgan fingerprint density at radius 2 is 1.14 bits per heavy atom. The number of amides is 3. The van der Waals surface area contributed by atoms with Gasteiger partial charge < -0.3 is 14.8 Å². The molecular formula is C45H38BrN5O6. The maximum absolute atomic E-state index is 13.0. The zero-order valence-corrected chi connectivity index (χ0v) is 32.5. The summed E-state index contributed by atoms with van der Waals surface area (Å²) < 4.78 is 13.8. The predicted molar refractivity (Wildman–Crippen MR) is 219 cm³/mol. The van der Waals surface area contributed by atoms with Gasteiger partial charge in [-0.3, -0.25) is 24.0 Å². The minimum Gasteiger partial charge on any atom is -0.448 e. The van der Waals surface area contributed by atoms with Crippen molar-refractivity contribution in [1.29, 1.82) is 0 Å². The van der Waals surface area contributed by atoms with Crippen molar-refractivity contribution in [1.82, 2.24) is 24.7 Å². The van der Waals surface area contributed by atoms with Crippen LogP contribution in [0.5, 0.6) is 0 Å². The van der Waals surface area contributed by atoms with Gasteiger partial charge in [0.05, 0.1) is 17.4 Å². The average molecular weight is 825 g/mol. The molecule has 1 saturated heterocycles. The lowest BCUT2D eigenvalue weighted by molar-refractivity contribution is -0.123. The lowest BCUT2D eigenvalue weighted by Gasteiger charge is -2.29. The molecule has 286 valence electrons. The van der Waals surface area contributed by atoms with Gasteiger partial charge in [0.2, 0.25) is 5.91 Å². The Morgan fingerprint density at radius 3 is 1.65 bits per heavy atom. The third kappa shape index (κ3) is 6.94. The van der Waals surface area contributed by atoms with Crippen molar-refractivity contribution in [3.8, 4) is 22.3 Å². The van der Waals surface area contributed by atoms with Gasteiger partial charge in [-0.1, -0.05) is 113 Å². The normalized spacial score (nSPS) is 15.4. The number of aromatic nitrogens is 2. The van der Waals surface area contributed by atoms with Crippen molar-refractivity contribution < 1.29 is 23.9 Å². The van der Waals surface area contributed by atoms with Crippen LogP contribution in [-0.4, -0.2) is 76.8 Å². The summed E-state index contributed by atoms with van der Waals surface area (Å²) >= 11 is 3.43. The highest BCUT2D eigenvalue weighted by Gasteiger charge is 2.32. The van der Waals surface area contributed by atoms with Crippen LogP contribution < -0.4 is 10.9 Å². The lowest BCUT2D eigenvalue weighted by atomic mass is 9.98. The van der Waals surface area contributed by atoms with E-state index in [0.29, 0.717) is 42.9 Å². The Morgan fingerprint density at radius 1 is 0.649 bits per heavy atom. The second-order valence-electron chi connectivity index (χ2n) is 14.4. The zero-order valence-electron chi connectivity index (χ0n) is 30.9. The molecule has 0 unspecified atom stereocenters. The van der Waals surface area contributed by atoms with Crippen LogP contribution in [0.4, 0.5) is 9.59 Å². The van der Waals surface area contributed by atoms with E-state index in [2.05, 4.69) is 74.8 Å². The first-order chi connectivity index (χ1) is 27.8. The topological polar surface area (TPSA) is 123 Å². The first kappa shape index (κ1) is 36.4. The standard InChI is InChI=1S/C26H20BrN3O3.C19H18N2O3/c27-16-9-10-21-23(13-16)28-24-14-29(11-12-30(24)25(21)31)26(32)33-15-22-19-7-3-1-5-17(19)18-6-2-4-8-20(18)22;22-18-11-21(10-9-20-18)19(23)24-12-17-15-7-3-1-5-13(15)14-6-2-4-8-16(14)17/h1-10,13,22H,11-12,14-15H2;1-8,17H,9-12H2,(H,20,22). The summed E-state index contributed by atoms with van der Waals surface area (Å²) in [6, 6.07) is 38.4. The average Bonchev–Trinajstić information content (AvgIpc) is 3.74. The molecule has 3 heterocycles. The Balaban J connectivity index is 0.000000156. The van der Waals surface area contributed by atoms with E-state index < -0.39 is 6.09 Å². The summed E-state index contributed by atoms with van der Waals surface area (Å²) in [6.07, 6.45) is -0.807. The van der Waals surface area contributed by atoms with Crippen LogP contribution >= 0.6 is 15.9 Å². The second-order valence-corrected chi connectivity index (χ2v) is 15.4. The summed E-state index contributed by atoms with van der Waals surface area (Å²) in [7, 11) is 0. The number of carbonyl (C=O) groups is 3. The third-order valence-corrected chi connectivity index (χ3v) is 11.6. The van der Waals surface area contributed by atoms with Gasteiger partial charge in [0.15, 0.2) is 0 Å². The maximum atomic E-state index is 13.0. The number of hydrogen-bond donors (Lipinski definition) is 1. The molecule has 1 fully saturated rings. The van der Waals surface area contributed by atoms with E-state index in [1.54, 1.807) is 15.5 Å². The molecule has 0 spiro atoms. The van der Waals surface area contributed by atoms with E-state index in [4.69, 9.17) is 9.47 Å². The number of piperazine rings is 1. The molecule has 1 aromatic heterocycles. The number of ether oxygens (including phenoxy) is 2. The van der Waals surface area contributed by atoms with Gasteiger partial charge in [-0.05, 0) is 62.7 Å². The number of fused-ring (bicyclic) bond motifs is 8. The highest BCUT2D eigenvalue weighted by Crippen LogP contribution is 2.45. The predicted octanol–water partition coefficient (Wildman–Crippen LogP) is 7.29. The SMILES string of the molecule is O=C(OCC1c2ccccc2-c2ccccc21)N1CCn2c(nc3cc(Br)ccc3c2=O)C1.O=C1CN(C(=O)OCC2c3ccccc3-c3ccccc32)CCN1. The smallest absolute Gasteiger partial charge is 0.410 e. The van der Waals surface area contributed by atoms with E-state index in [1.807, 2.05) is 60.7 Å². The van der Waals surface area contributed by atoms with Gasteiger partial charge in [0.25, 0.3) is 5.56 Å². The lowest BCUT2D eigenvalue weighted by Crippen LogP contribution is -2.50. The van der Waals surface area contributed by atoms with Crippen LogP contribution in [0.3, 0.4) is 0 Å². The molecule has 3 amide bonds. The summed E-state index contributed by atoms with van der Waals surface area (Å²) in [5.41, 5.74) is 10.1. The van der Waals surface area contributed by atoms with Crippen LogP contribution in [0, 0.1) is 0 Å². The van der Waals surface area contributed by atoms with Crippen molar-refractivity contribution >= 4 is 44.9 Å². The third-order valence-electron chi connectivity index (χ3n) is 11.1. The Kier molecular flexibility index (Phi) is 9.79. The summed E-state index contributed by atoms with van der Waals surface area (Å²) in [4.78, 5) is 57.2. The number of halogens is 1. The maximum Gasteiger partial charge on any atom is 0.410 e. The molecule has 2 aliphatic carbocycles. The van der Waals surface area contributed by atoms with Gasteiger partial charge in [0.1, 0.15) is 25.6 Å². The van der Waals surface area contributed by atoms with E-state index >= 15 is 0 Å². The van der Waals surface area contributed by atoms with E-state index in [9.17, 15) is 19.2 Å². The fraction of sp³-hybridized carbons (Fsp3) is 0.222. The Hall–Kier alpha value is -6.27. The fourth-order valence-corrected chi connectivity index (χ4v) is 8.73. The summed E-state index contributed by atoms with van der Waals surface area (Å²) in [5.74, 6) is 0.487. The first-order valence-corrected chi connectivity index (χ1v) is 19.8. The highest BCUT2D eigenvalue weighted by atomic mass is 79.9. The molecule has 0 bridgehead atoms. The number of nitrogens with zero attached hydrogens (tertiary/aromatic N) is 4. The molecule has 5 aromatic carbocycles.